The summed E-state index contributed by atoms with van der Waals surface area (Å²) in [6.07, 6.45) is 7.00. The minimum absolute atomic E-state index is 0.0300. The fraction of sp³-hybridized carbons (Fsp3) is 0.556. The maximum absolute atomic E-state index is 11.1. The van der Waals surface area contributed by atoms with Crippen LogP contribution >= 0.6 is 0 Å². The monoisotopic (exact) mass is 522 g/mol. The lowest BCUT2D eigenvalue weighted by Gasteiger charge is -2.14. The van der Waals surface area contributed by atoms with Gasteiger partial charge in [0.15, 0.2) is 0 Å². The number of sulfonamides is 1. The summed E-state index contributed by atoms with van der Waals surface area (Å²) in [7, 11) is -3.43. The molecule has 9 heteroatoms. The number of aliphatic hydroxyl groups excluding tert-OH is 2. The smallest absolute Gasteiger partial charge is 0.209 e. The molecule has 0 aliphatic carbocycles. The van der Waals surface area contributed by atoms with Gasteiger partial charge in [0, 0.05) is 25.3 Å². The number of nitrogens with two attached hydrogens (primary N) is 1. The molecule has 0 aliphatic heterocycles. The van der Waals surface area contributed by atoms with E-state index in [2.05, 4.69) is 17.4 Å². The number of phenols is 1. The van der Waals surface area contributed by atoms with E-state index in [0.717, 1.165) is 70.3 Å². The average Bonchev–Trinajstić information content (AvgIpc) is 2.85. The maximum atomic E-state index is 11.1. The number of benzene rings is 2. The molecule has 36 heavy (non-hydrogen) atoms. The van der Waals surface area contributed by atoms with Crippen molar-refractivity contribution in [2.75, 3.05) is 32.1 Å². The van der Waals surface area contributed by atoms with Gasteiger partial charge in [-0.25, -0.2) is 13.6 Å². The van der Waals surface area contributed by atoms with E-state index >= 15 is 0 Å². The second kappa shape index (κ2) is 16.7. The van der Waals surface area contributed by atoms with E-state index < -0.39 is 16.1 Å². The van der Waals surface area contributed by atoms with Crippen LogP contribution in [-0.2, 0) is 34.2 Å². The first-order valence-electron chi connectivity index (χ1n) is 12.8. The van der Waals surface area contributed by atoms with Crippen molar-refractivity contribution in [2.24, 2.45) is 5.14 Å². The summed E-state index contributed by atoms with van der Waals surface area (Å²) in [5, 5.41) is 37.4. The van der Waals surface area contributed by atoms with Crippen LogP contribution in [0.5, 0.6) is 5.75 Å². The zero-order valence-electron chi connectivity index (χ0n) is 21.1. The van der Waals surface area contributed by atoms with Crippen LogP contribution in [0.1, 0.15) is 66.9 Å². The summed E-state index contributed by atoms with van der Waals surface area (Å²) in [5.41, 5.74) is 3.30. The number of aliphatic hydroxyl groups is 2. The van der Waals surface area contributed by atoms with Crippen LogP contribution in [0.15, 0.2) is 42.5 Å². The number of ether oxygens (including phenoxy) is 1. The highest BCUT2D eigenvalue weighted by Crippen LogP contribution is 2.22. The molecule has 0 bridgehead atoms. The Morgan fingerprint density at radius 1 is 0.917 bits per heavy atom. The Morgan fingerprint density at radius 3 is 2.33 bits per heavy atom. The van der Waals surface area contributed by atoms with E-state index in [4.69, 9.17) is 9.88 Å². The summed E-state index contributed by atoms with van der Waals surface area (Å²) in [5.74, 6) is 0.00523. The summed E-state index contributed by atoms with van der Waals surface area (Å²) in [6, 6.07) is 12.8. The second-order valence-electron chi connectivity index (χ2n) is 9.19. The molecule has 0 fully saturated rings. The Balaban J connectivity index is 1.43. The highest BCUT2D eigenvalue weighted by atomic mass is 32.2. The molecule has 0 saturated heterocycles. The first kappa shape index (κ1) is 30.2. The lowest BCUT2D eigenvalue weighted by molar-refractivity contribution is 0.126. The third-order valence-corrected chi connectivity index (χ3v) is 6.83. The van der Waals surface area contributed by atoms with E-state index in [1.54, 1.807) is 12.1 Å². The molecule has 2 aromatic rings. The van der Waals surface area contributed by atoms with Crippen LogP contribution in [0.2, 0.25) is 0 Å². The van der Waals surface area contributed by atoms with E-state index in [1.165, 1.54) is 11.6 Å². The SMILES string of the molecule is NS(=O)(=O)CCc1cccc(CCCCOCCCCCCNC[C@H](O)c2ccc(O)c(CO)c2)c1. The molecule has 2 rings (SSSR count). The van der Waals surface area contributed by atoms with Crippen LogP contribution in [0.4, 0.5) is 0 Å². The third kappa shape index (κ3) is 12.8. The van der Waals surface area contributed by atoms with Crippen molar-refractivity contribution in [3.05, 3.63) is 64.7 Å². The molecule has 0 amide bonds. The molecule has 202 valence electrons. The van der Waals surface area contributed by atoms with Gasteiger partial charge in [0.05, 0.1) is 18.5 Å². The highest BCUT2D eigenvalue weighted by Gasteiger charge is 2.10. The first-order valence-corrected chi connectivity index (χ1v) is 14.5. The lowest BCUT2D eigenvalue weighted by Crippen LogP contribution is -2.22. The fourth-order valence-corrected chi connectivity index (χ4v) is 4.46. The molecule has 1 atom stereocenters. The summed E-state index contributed by atoms with van der Waals surface area (Å²) in [6.45, 7) is 2.51. The van der Waals surface area contributed by atoms with Crippen LogP contribution < -0.4 is 10.5 Å². The molecular formula is C27H42N2O6S. The number of hydrogen-bond acceptors (Lipinski definition) is 7. The van der Waals surface area contributed by atoms with E-state index in [9.17, 15) is 23.7 Å². The number of aromatic hydroxyl groups is 1. The number of primary sulfonamides is 1. The van der Waals surface area contributed by atoms with Gasteiger partial charge in [-0.1, -0.05) is 43.2 Å². The van der Waals surface area contributed by atoms with Gasteiger partial charge in [0.2, 0.25) is 10.0 Å². The Labute approximate surface area is 215 Å². The molecule has 2 aromatic carbocycles. The van der Waals surface area contributed by atoms with Gasteiger partial charge in [-0.15, -0.1) is 0 Å². The Morgan fingerprint density at radius 2 is 1.61 bits per heavy atom. The molecule has 0 unspecified atom stereocenters. The van der Waals surface area contributed by atoms with Crippen molar-refractivity contribution in [3.8, 4) is 5.75 Å². The zero-order chi connectivity index (χ0) is 26.2. The van der Waals surface area contributed by atoms with Crippen LogP contribution in [0.3, 0.4) is 0 Å². The Bertz CT molecular complexity index is 1000. The van der Waals surface area contributed by atoms with Crippen molar-refractivity contribution in [1.82, 2.24) is 5.32 Å². The van der Waals surface area contributed by atoms with Gasteiger partial charge in [0.25, 0.3) is 0 Å². The number of rotatable bonds is 19. The van der Waals surface area contributed by atoms with Crippen molar-refractivity contribution < 1.29 is 28.5 Å². The first-order chi connectivity index (χ1) is 17.3. The van der Waals surface area contributed by atoms with E-state index in [-0.39, 0.29) is 18.1 Å². The molecule has 0 radical (unpaired) electrons. The van der Waals surface area contributed by atoms with Gasteiger partial charge in [-0.3, -0.25) is 0 Å². The van der Waals surface area contributed by atoms with Crippen molar-refractivity contribution in [2.45, 2.75) is 64.1 Å². The van der Waals surface area contributed by atoms with Gasteiger partial charge in [-0.05, 0) is 73.9 Å². The molecule has 0 aromatic heterocycles. The molecule has 0 saturated carbocycles. The molecule has 6 N–H and O–H groups in total. The molecule has 0 aliphatic rings. The van der Waals surface area contributed by atoms with Gasteiger partial charge < -0.3 is 25.4 Å². The highest BCUT2D eigenvalue weighted by molar-refractivity contribution is 7.89. The number of hydrogen-bond donors (Lipinski definition) is 5. The van der Waals surface area contributed by atoms with Crippen LogP contribution in [0, 0.1) is 0 Å². The lowest BCUT2D eigenvalue weighted by atomic mass is 10.0. The standard InChI is InChI=1S/C27H42N2O6S/c28-36(33,34)17-13-23-10-7-9-22(18-23)8-3-6-16-35-15-5-2-1-4-14-29-20-27(32)24-11-12-26(31)25(19-24)21-30/h7,9-12,18-19,27,29-32H,1-6,8,13-17,20-21H2,(H2,28,33,34)/t27-/m0/s1. The molecular weight excluding hydrogens is 480 g/mol. The third-order valence-electron chi connectivity index (χ3n) is 6.06. The van der Waals surface area contributed by atoms with Crippen LogP contribution in [-0.4, -0.2) is 55.8 Å². The topological polar surface area (TPSA) is 142 Å². The summed E-state index contributed by atoms with van der Waals surface area (Å²) >= 11 is 0. The maximum Gasteiger partial charge on any atom is 0.209 e. The van der Waals surface area contributed by atoms with Crippen molar-refractivity contribution in [3.63, 3.8) is 0 Å². The fourth-order valence-electron chi connectivity index (χ4n) is 3.94. The van der Waals surface area contributed by atoms with E-state index in [1.807, 2.05) is 12.1 Å². The predicted molar refractivity (Wildman–Crippen MR) is 142 cm³/mol. The summed E-state index contributed by atoms with van der Waals surface area (Å²) in [4.78, 5) is 0. The van der Waals surface area contributed by atoms with Gasteiger partial charge >= 0.3 is 0 Å². The van der Waals surface area contributed by atoms with Crippen LogP contribution in [0.25, 0.3) is 0 Å². The number of unbranched alkanes of at least 4 members (excludes halogenated alkanes) is 4. The average molecular weight is 523 g/mol. The van der Waals surface area contributed by atoms with Crippen molar-refractivity contribution >= 4 is 10.0 Å². The summed E-state index contributed by atoms with van der Waals surface area (Å²) < 4.78 is 28.0. The second-order valence-corrected chi connectivity index (χ2v) is 10.9. The molecule has 0 spiro atoms. The van der Waals surface area contributed by atoms with Gasteiger partial charge in [0.1, 0.15) is 5.75 Å². The molecule has 8 nitrogen and oxygen atoms in total. The van der Waals surface area contributed by atoms with E-state index in [0.29, 0.717) is 24.1 Å². The normalized spacial score (nSPS) is 12.6. The van der Waals surface area contributed by atoms with Crippen molar-refractivity contribution in [1.29, 1.82) is 0 Å². The minimum Gasteiger partial charge on any atom is -0.508 e. The Kier molecular flexibility index (Phi) is 14.0. The molecule has 0 heterocycles. The minimum atomic E-state index is -3.43. The quantitative estimate of drug-likeness (QED) is 0.179. The Hall–Kier alpha value is -2.01. The number of nitrogens with one attached hydrogen (secondary N) is 1. The predicted octanol–water partition coefficient (Wildman–Crippen LogP) is 2.94. The van der Waals surface area contributed by atoms with Gasteiger partial charge in [-0.2, -0.15) is 0 Å². The largest absolute Gasteiger partial charge is 0.508 e. The zero-order valence-corrected chi connectivity index (χ0v) is 21.9. The number of aryl methyl sites for hydroxylation is 2.